The Morgan fingerprint density at radius 3 is 2.10 bits per heavy atom. The van der Waals surface area contributed by atoms with Gasteiger partial charge in [-0.3, -0.25) is 0 Å². The molecule has 0 aliphatic rings. The first-order chi connectivity index (χ1) is 9.38. The number of hydrogen-bond donors (Lipinski definition) is 1. The molecule has 0 aliphatic carbocycles. The summed E-state index contributed by atoms with van der Waals surface area (Å²) in [5.74, 6) is 0. The van der Waals surface area contributed by atoms with Gasteiger partial charge in [-0.2, -0.15) is 0 Å². The second-order valence-corrected chi connectivity index (χ2v) is 6.10. The molecule has 0 bridgehead atoms. The van der Waals surface area contributed by atoms with Crippen LogP contribution in [0, 0.1) is 27.7 Å². The molecule has 0 aliphatic heterocycles. The highest BCUT2D eigenvalue weighted by molar-refractivity contribution is 6.31. The van der Waals surface area contributed by atoms with Gasteiger partial charge >= 0.3 is 0 Å². The van der Waals surface area contributed by atoms with Crippen molar-refractivity contribution in [3.63, 3.8) is 0 Å². The molecule has 0 aromatic heterocycles. The first-order valence-electron chi connectivity index (χ1n) is 6.97. The maximum absolute atomic E-state index is 6.38. The molecule has 2 N–H and O–H groups in total. The van der Waals surface area contributed by atoms with E-state index in [-0.39, 0.29) is 6.04 Å². The fourth-order valence-electron chi connectivity index (χ4n) is 2.77. The van der Waals surface area contributed by atoms with E-state index in [0.717, 1.165) is 22.6 Å². The number of nitrogens with two attached hydrogens (primary N) is 1. The molecule has 2 aromatic carbocycles. The highest BCUT2D eigenvalue weighted by Gasteiger charge is 2.12. The predicted octanol–water partition coefficient (Wildman–Crippen LogP) is 4.82. The molecule has 1 unspecified atom stereocenters. The molecule has 0 radical (unpaired) electrons. The average Bonchev–Trinajstić information content (AvgIpc) is 2.36. The van der Waals surface area contributed by atoms with Crippen LogP contribution in [0.1, 0.15) is 39.4 Å². The van der Waals surface area contributed by atoms with Gasteiger partial charge in [-0.1, -0.05) is 41.4 Å². The summed E-state index contributed by atoms with van der Waals surface area (Å²) in [6, 6.07) is 10.5. The quantitative estimate of drug-likeness (QED) is 0.861. The molecule has 2 heteroatoms. The Kier molecular flexibility index (Phi) is 4.52. The predicted molar refractivity (Wildman–Crippen MR) is 87.5 cm³/mol. The number of aryl methyl sites for hydroxylation is 4. The summed E-state index contributed by atoms with van der Waals surface area (Å²) in [5.41, 5.74) is 13.9. The van der Waals surface area contributed by atoms with Crippen molar-refractivity contribution in [2.45, 2.75) is 40.2 Å². The molecule has 20 heavy (non-hydrogen) atoms. The molecule has 0 heterocycles. The molecular weight excluding hydrogens is 266 g/mol. The Bertz CT molecular complexity index is 608. The van der Waals surface area contributed by atoms with Crippen LogP contribution < -0.4 is 5.73 Å². The summed E-state index contributed by atoms with van der Waals surface area (Å²) in [6.45, 7) is 8.47. The van der Waals surface area contributed by atoms with Crippen LogP contribution in [0.5, 0.6) is 0 Å². The molecule has 0 saturated heterocycles. The van der Waals surface area contributed by atoms with E-state index in [4.69, 9.17) is 17.3 Å². The lowest BCUT2D eigenvalue weighted by Crippen LogP contribution is -2.15. The van der Waals surface area contributed by atoms with E-state index >= 15 is 0 Å². The highest BCUT2D eigenvalue weighted by atomic mass is 35.5. The smallest absolute Gasteiger partial charge is 0.0435 e. The Labute approximate surface area is 126 Å². The number of halogens is 1. The summed E-state index contributed by atoms with van der Waals surface area (Å²) in [7, 11) is 0. The summed E-state index contributed by atoms with van der Waals surface area (Å²) in [4.78, 5) is 0. The molecule has 0 amide bonds. The van der Waals surface area contributed by atoms with E-state index in [9.17, 15) is 0 Å². The Morgan fingerprint density at radius 1 is 0.950 bits per heavy atom. The fourth-order valence-corrected chi connectivity index (χ4v) is 2.89. The maximum atomic E-state index is 6.38. The Morgan fingerprint density at radius 2 is 1.55 bits per heavy atom. The summed E-state index contributed by atoms with van der Waals surface area (Å²) in [5, 5.41) is 0.795. The minimum Gasteiger partial charge on any atom is -0.324 e. The molecule has 0 saturated carbocycles. The molecule has 0 fully saturated rings. The van der Waals surface area contributed by atoms with Gasteiger partial charge < -0.3 is 5.73 Å². The third-order valence-electron chi connectivity index (χ3n) is 3.87. The summed E-state index contributed by atoms with van der Waals surface area (Å²) < 4.78 is 0. The molecular formula is C18H22ClN. The Balaban J connectivity index is 2.27. The normalized spacial score (nSPS) is 12.5. The SMILES string of the molecule is Cc1cc(C)c(CC(N)c2ccc(Cl)c(C)c2)c(C)c1. The van der Waals surface area contributed by atoms with Crippen molar-refractivity contribution in [1.82, 2.24) is 0 Å². The molecule has 2 aromatic rings. The topological polar surface area (TPSA) is 26.0 Å². The summed E-state index contributed by atoms with van der Waals surface area (Å²) >= 11 is 6.07. The van der Waals surface area contributed by atoms with Crippen molar-refractivity contribution in [2.75, 3.05) is 0 Å². The van der Waals surface area contributed by atoms with Crippen molar-refractivity contribution >= 4 is 11.6 Å². The Hall–Kier alpha value is -1.31. The minimum atomic E-state index is 0.00562. The molecule has 1 atom stereocenters. The van der Waals surface area contributed by atoms with Gasteiger partial charge in [-0.15, -0.1) is 0 Å². The van der Waals surface area contributed by atoms with Crippen LogP contribution in [0.2, 0.25) is 5.02 Å². The van der Waals surface area contributed by atoms with Crippen LogP contribution >= 0.6 is 11.6 Å². The highest BCUT2D eigenvalue weighted by Crippen LogP contribution is 2.25. The van der Waals surface area contributed by atoms with Crippen LogP contribution in [0.15, 0.2) is 30.3 Å². The second kappa shape index (κ2) is 5.99. The van der Waals surface area contributed by atoms with Crippen molar-refractivity contribution in [3.8, 4) is 0 Å². The first kappa shape index (κ1) is 15.1. The van der Waals surface area contributed by atoms with E-state index < -0.39 is 0 Å². The van der Waals surface area contributed by atoms with Gasteiger partial charge in [0.2, 0.25) is 0 Å². The number of hydrogen-bond acceptors (Lipinski definition) is 1. The van der Waals surface area contributed by atoms with Gasteiger partial charge in [0, 0.05) is 11.1 Å². The molecule has 2 rings (SSSR count). The molecule has 106 valence electrons. The maximum Gasteiger partial charge on any atom is 0.0435 e. The van der Waals surface area contributed by atoms with E-state index in [1.165, 1.54) is 22.3 Å². The van der Waals surface area contributed by atoms with Gasteiger partial charge in [-0.25, -0.2) is 0 Å². The van der Waals surface area contributed by atoms with Crippen molar-refractivity contribution in [1.29, 1.82) is 0 Å². The average molecular weight is 288 g/mol. The van der Waals surface area contributed by atoms with Gasteiger partial charge in [-0.05, 0) is 68.0 Å². The van der Waals surface area contributed by atoms with Crippen LogP contribution in [0.3, 0.4) is 0 Å². The standard InChI is InChI=1S/C18H22ClN/c1-11-7-12(2)16(13(3)8-11)10-18(20)15-5-6-17(19)14(4)9-15/h5-9,18H,10,20H2,1-4H3. The number of benzene rings is 2. The van der Waals surface area contributed by atoms with Crippen LogP contribution in [-0.4, -0.2) is 0 Å². The second-order valence-electron chi connectivity index (χ2n) is 5.70. The lowest BCUT2D eigenvalue weighted by Gasteiger charge is -2.17. The van der Waals surface area contributed by atoms with Gasteiger partial charge in [0.05, 0.1) is 0 Å². The van der Waals surface area contributed by atoms with Crippen LogP contribution in [0.25, 0.3) is 0 Å². The zero-order chi connectivity index (χ0) is 14.9. The van der Waals surface area contributed by atoms with E-state index in [0.29, 0.717) is 0 Å². The monoisotopic (exact) mass is 287 g/mol. The molecule has 0 spiro atoms. The van der Waals surface area contributed by atoms with Crippen LogP contribution in [-0.2, 0) is 6.42 Å². The van der Waals surface area contributed by atoms with Gasteiger partial charge in [0.1, 0.15) is 0 Å². The van der Waals surface area contributed by atoms with Crippen molar-refractivity contribution < 1.29 is 0 Å². The lowest BCUT2D eigenvalue weighted by molar-refractivity contribution is 0.714. The first-order valence-corrected chi connectivity index (χ1v) is 7.34. The third-order valence-corrected chi connectivity index (χ3v) is 4.30. The van der Waals surface area contributed by atoms with Gasteiger partial charge in [0.25, 0.3) is 0 Å². The minimum absolute atomic E-state index is 0.00562. The van der Waals surface area contributed by atoms with E-state index in [1.807, 2.05) is 19.1 Å². The van der Waals surface area contributed by atoms with Crippen molar-refractivity contribution in [3.05, 3.63) is 68.7 Å². The molecule has 1 nitrogen and oxygen atoms in total. The largest absolute Gasteiger partial charge is 0.324 e. The van der Waals surface area contributed by atoms with Gasteiger partial charge in [0.15, 0.2) is 0 Å². The van der Waals surface area contributed by atoms with Crippen molar-refractivity contribution in [2.24, 2.45) is 5.73 Å². The lowest BCUT2D eigenvalue weighted by atomic mass is 9.92. The zero-order valence-electron chi connectivity index (χ0n) is 12.6. The number of rotatable bonds is 3. The van der Waals surface area contributed by atoms with E-state index in [1.54, 1.807) is 0 Å². The van der Waals surface area contributed by atoms with E-state index in [2.05, 4.69) is 39.0 Å². The summed E-state index contributed by atoms with van der Waals surface area (Å²) in [6.07, 6.45) is 0.860. The van der Waals surface area contributed by atoms with Crippen LogP contribution in [0.4, 0.5) is 0 Å². The third kappa shape index (κ3) is 3.23. The zero-order valence-corrected chi connectivity index (χ0v) is 13.4. The fraction of sp³-hybridized carbons (Fsp3) is 0.333.